The van der Waals surface area contributed by atoms with Crippen LogP contribution in [-0.2, 0) is 19.6 Å². The van der Waals surface area contributed by atoms with Crippen LogP contribution in [0.25, 0.3) is 5.57 Å². The van der Waals surface area contributed by atoms with Gasteiger partial charge in [0.05, 0.1) is 16.2 Å². The summed E-state index contributed by atoms with van der Waals surface area (Å²) in [4.78, 5) is 29.3. The summed E-state index contributed by atoms with van der Waals surface area (Å²) in [6.45, 7) is 0. The number of carbonyl (C=O) groups is 2. The van der Waals surface area contributed by atoms with Crippen LogP contribution >= 0.6 is 0 Å². The lowest BCUT2D eigenvalue weighted by molar-refractivity contribution is -0.120. The number of benzene rings is 3. The highest BCUT2D eigenvalue weighted by Gasteiger charge is 2.42. The molecule has 0 bridgehead atoms. The SMILES string of the molecule is CN(C1=C(c2ccc(F)cc2)C(=O)N(c2ccc(S(N)(=O)=O)cc2)C1=O)c1ccccc1. The number of imide groups is 1. The van der Waals surface area contributed by atoms with E-state index in [0.29, 0.717) is 11.3 Å². The lowest BCUT2D eigenvalue weighted by Crippen LogP contribution is -2.34. The highest BCUT2D eigenvalue weighted by Crippen LogP contribution is 2.36. The van der Waals surface area contributed by atoms with Crippen molar-refractivity contribution in [2.45, 2.75) is 4.90 Å². The molecule has 0 atom stereocenters. The van der Waals surface area contributed by atoms with Crippen LogP contribution in [0.2, 0.25) is 0 Å². The highest BCUT2D eigenvalue weighted by molar-refractivity contribution is 7.89. The smallest absolute Gasteiger partial charge is 0.282 e. The first kappa shape index (κ1) is 21.4. The minimum absolute atomic E-state index is 0.108. The van der Waals surface area contributed by atoms with Crippen molar-refractivity contribution in [3.8, 4) is 0 Å². The van der Waals surface area contributed by atoms with Gasteiger partial charge in [-0.3, -0.25) is 9.59 Å². The molecule has 4 rings (SSSR count). The van der Waals surface area contributed by atoms with Crippen LogP contribution in [0.5, 0.6) is 0 Å². The van der Waals surface area contributed by atoms with Crippen LogP contribution in [0.15, 0.2) is 89.5 Å². The van der Waals surface area contributed by atoms with Gasteiger partial charge in [0.15, 0.2) is 0 Å². The fourth-order valence-electron chi connectivity index (χ4n) is 3.51. The second-order valence-corrected chi connectivity index (χ2v) is 8.67. The molecule has 2 amide bonds. The van der Waals surface area contributed by atoms with Crippen molar-refractivity contribution in [3.05, 3.63) is 95.9 Å². The largest absolute Gasteiger partial charge is 0.339 e. The molecule has 1 aliphatic heterocycles. The number of sulfonamides is 1. The number of hydrogen-bond acceptors (Lipinski definition) is 5. The summed E-state index contributed by atoms with van der Waals surface area (Å²) in [6, 6.07) is 19.4. The summed E-state index contributed by atoms with van der Waals surface area (Å²) >= 11 is 0. The molecule has 0 saturated carbocycles. The maximum absolute atomic E-state index is 13.5. The number of amides is 2. The number of para-hydroxylation sites is 1. The van der Waals surface area contributed by atoms with E-state index in [1.54, 1.807) is 36.2 Å². The Kier molecular flexibility index (Phi) is 5.37. The molecule has 3 aromatic carbocycles. The Labute approximate surface area is 184 Å². The topological polar surface area (TPSA) is 101 Å². The Morgan fingerprint density at radius 3 is 2.00 bits per heavy atom. The Bertz CT molecular complexity index is 1340. The van der Waals surface area contributed by atoms with Gasteiger partial charge in [0, 0.05) is 12.7 Å². The van der Waals surface area contributed by atoms with Crippen LogP contribution in [0.4, 0.5) is 15.8 Å². The predicted molar refractivity (Wildman–Crippen MR) is 118 cm³/mol. The van der Waals surface area contributed by atoms with Crippen molar-refractivity contribution in [2.24, 2.45) is 5.14 Å². The van der Waals surface area contributed by atoms with Gasteiger partial charge in [-0.15, -0.1) is 0 Å². The molecule has 2 N–H and O–H groups in total. The maximum Gasteiger partial charge on any atom is 0.282 e. The summed E-state index contributed by atoms with van der Waals surface area (Å²) in [6.07, 6.45) is 0. The summed E-state index contributed by atoms with van der Waals surface area (Å²) in [7, 11) is -2.27. The van der Waals surface area contributed by atoms with Crippen LogP contribution in [0, 0.1) is 5.82 Å². The van der Waals surface area contributed by atoms with E-state index in [1.165, 1.54) is 48.5 Å². The van der Waals surface area contributed by atoms with Crippen molar-refractivity contribution in [1.29, 1.82) is 0 Å². The zero-order valence-corrected chi connectivity index (χ0v) is 17.7. The molecule has 0 aromatic heterocycles. The molecule has 9 heteroatoms. The molecule has 0 fully saturated rings. The Morgan fingerprint density at radius 1 is 0.844 bits per heavy atom. The minimum atomic E-state index is -3.93. The fraction of sp³-hybridized carbons (Fsp3) is 0.0435. The molecule has 32 heavy (non-hydrogen) atoms. The quantitative estimate of drug-likeness (QED) is 0.601. The van der Waals surface area contributed by atoms with Gasteiger partial charge in [0.1, 0.15) is 11.5 Å². The second kappa shape index (κ2) is 8.03. The van der Waals surface area contributed by atoms with Gasteiger partial charge < -0.3 is 4.90 Å². The summed E-state index contributed by atoms with van der Waals surface area (Å²) in [5.41, 5.74) is 1.46. The number of halogens is 1. The number of nitrogens with two attached hydrogens (primary N) is 1. The Morgan fingerprint density at radius 2 is 1.44 bits per heavy atom. The fourth-order valence-corrected chi connectivity index (χ4v) is 4.02. The van der Waals surface area contributed by atoms with Crippen molar-refractivity contribution in [2.75, 3.05) is 16.8 Å². The van der Waals surface area contributed by atoms with Crippen molar-refractivity contribution < 1.29 is 22.4 Å². The summed E-state index contributed by atoms with van der Waals surface area (Å²) in [5.74, 6) is -1.67. The normalized spacial score (nSPS) is 14.3. The molecular formula is C23H18FN3O4S. The molecule has 0 radical (unpaired) electrons. The molecule has 0 unspecified atom stereocenters. The zero-order chi connectivity index (χ0) is 23.0. The average Bonchev–Trinajstić information content (AvgIpc) is 3.04. The molecular weight excluding hydrogens is 433 g/mol. The van der Waals surface area contributed by atoms with E-state index in [1.807, 2.05) is 6.07 Å². The van der Waals surface area contributed by atoms with E-state index < -0.39 is 27.7 Å². The number of nitrogens with zero attached hydrogens (tertiary/aromatic N) is 2. The number of carbonyl (C=O) groups excluding carboxylic acids is 2. The number of anilines is 2. The Balaban J connectivity index is 1.84. The van der Waals surface area contributed by atoms with Crippen LogP contribution in [0.1, 0.15) is 5.56 Å². The van der Waals surface area contributed by atoms with Crippen molar-refractivity contribution >= 4 is 38.8 Å². The lowest BCUT2D eigenvalue weighted by Gasteiger charge is -2.21. The first-order valence-electron chi connectivity index (χ1n) is 9.49. The van der Waals surface area contributed by atoms with E-state index in [4.69, 9.17) is 5.14 Å². The summed E-state index contributed by atoms with van der Waals surface area (Å²) < 4.78 is 36.6. The molecule has 1 heterocycles. The number of primary sulfonamides is 1. The first-order chi connectivity index (χ1) is 15.2. The molecule has 0 spiro atoms. The second-order valence-electron chi connectivity index (χ2n) is 7.11. The highest BCUT2D eigenvalue weighted by atomic mass is 32.2. The number of likely N-dealkylation sites (N-methyl/N-ethyl adjacent to an activating group) is 1. The van der Waals surface area contributed by atoms with Gasteiger partial charge in [-0.2, -0.15) is 0 Å². The lowest BCUT2D eigenvalue weighted by atomic mass is 10.0. The molecule has 3 aromatic rings. The Hall–Kier alpha value is -3.82. The first-order valence-corrected chi connectivity index (χ1v) is 11.0. The maximum atomic E-state index is 13.5. The average molecular weight is 451 g/mol. The van der Waals surface area contributed by atoms with Crippen molar-refractivity contribution in [1.82, 2.24) is 0 Å². The third-order valence-electron chi connectivity index (χ3n) is 5.09. The van der Waals surface area contributed by atoms with Gasteiger partial charge >= 0.3 is 0 Å². The molecule has 1 aliphatic rings. The zero-order valence-electron chi connectivity index (χ0n) is 16.9. The third kappa shape index (κ3) is 3.79. The van der Waals surface area contributed by atoms with Crippen LogP contribution in [0.3, 0.4) is 0 Å². The molecule has 7 nitrogen and oxygen atoms in total. The number of rotatable bonds is 5. The van der Waals surface area contributed by atoms with Gasteiger partial charge in [0.2, 0.25) is 10.0 Å². The van der Waals surface area contributed by atoms with E-state index in [2.05, 4.69) is 0 Å². The van der Waals surface area contributed by atoms with Gasteiger partial charge in [-0.05, 0) is 54.1 Å². The molecule has 162 valence electrons. The number of hydrogen-bond donors (Lipinski definition) is 1. The van der Waals surface area contributed by atoms with Gasteiger partial charge in [-0.1, -0.05) is 30.3 Å². The third-order valence-corrected chi connectivity index (χ3v) is 6.02. The summed E-state index contributed by atoms with van der Waals surface area (Å²) in [5, 5.41) is 5.13. The van der Waals surface area contributed by atoms with Crippen LogP contribution in [-0.4, -0.2) is 27.3 Å². The molecule has 0 aliphatic carbocycles. The van der Waals surface area contributed by atoms with Gasteiger partial charge in [-0.25, -0.2) is 22.8 Å². The monoisotopic (exact) mass is 451 g/mol. The van der Waals surface area contributed by atoms with E-state index in [-0.39, 0.29) is 21.9 Å². The predicted octanol–water partition coefficient (Wildman–Crippen LogP) is 2.89. The van der Waals surface area contributed by atoms with E-state index in [0.717, 1.165) is 4.90 Å². The van der Waals surface area contributed by atoms with Crippen molar-refractivity contribution in [3.63, 3.8) is 0 Å². The molecule has 0 saturated heterocycles. The van der Waals surface area contributed by atoms with E-state index in [9.17, 15) is 22.4 Å². The van der Waals surface area contributed by atoms with E-state index >= 15 is 0 Å². The van der Waals surface area contributed by atoms with Crippen LogP contribution < -0.4 is 14.9 Å². The minimum Gasteiger partial charge on any atom is -0.339 e. The van der Waals surface area contributed by atoms with Gasteiger partial charge in [0.25, 0.3) is 11.8 Å². The standard InChI is InChI=1S/C23H18FN3O4S/c1-26(17-5-3-2-4-6-17)21-20(15-7-9-16(24)10-8-15)22(28)27(23(21)29)18-11-13-19(14-12-18)32(25,30)31/h2-14H,1H3,(H2,25,30,31).